The van der Waals surface area contributed by atoms with Gasteiger partial charge in [-0.2, -0.15) is 4.98 Å². The van der Waals surface area contributed by atoms with Gasteiger partial charge in [0.25, 0.3) is 0 Å². The van der Waals surface area contributed by atoms with Crippen LogP contribution in [0.2, 0.25) is 0 Å². The standard InChI is InChI=1S/C10H9FN2O/c1-12-9-6-14-10(13-9)7-3-2-4-8(11)5-7/h2-6,12H,1H3. The maximum atomic E-state index is 12.9. The lowest BCUT2D eigenvalue weighted by Gasteiger charge is -1.94. The van der Waals surface area contributed by atoms with Crippen LogP contribution >= 0.6 is 0 Å². The van der Waals surface area contributed by atoms with E-state index in [1.165, 1.54) is 18.4 Å². The van der Waals surface area contributed by atoms with Crippen molar-refractivity contribution >= 4 is 5.82 Å². The molecule has 4 heteroatoms. The van der Waals surface area contributed by atoms with E-state index in [0.717, 1.165) is 0 Å². The summed E-state index contributed by atoms with van der Waals surface area (Å²) in [6, 6.07) is 6.12. The van der Waals surface area contributed by atoms with Crippen molar-refractivity contribution in [2.24, 2.45) is 0 Å². The molecular formula is C10H9FN2O. The average Bonchev–Trinajstić information content (AvgIpc) is 2.66. The lowest BCUT2D eigenvalue weighted by molar-refractivity contribution is 0.573. The molecule has 0 aliphatic carbocycles. The van der Waals surface area contributed by atoms with Crippen LogP contribution in [-0.4, -0.2) is 12.0 Å². The first-order valence-corrected chi connectivity index (χ1v) is 4.19. The Balaban J connectivity index is 2.39. The second kappa shape index (κ2) is 3.49. The van der Waals surface area contributed by atoms with Gasteiger partial charge in [-0.05, 0) is 18.2 Å². The second-order valence-electron chi connectivity index (χ2n) is 2.80. The summed E-state index contributed by atoms with van der Waals surface area (Å²) in [6.07, 6.45) is 1.49. The van der Waals surface area contributed by atoms with Gasteiger partial charge in [0.1, 0.15) is 12.1 Å². The SMILES string of the molecule is CNc1coc(-c2cccc(F)c2)n1. The fraction of sp³-hybridized carbons (Fsp3) is 0.100. The molecule has 0 aliphatic rings. The van der Waals surface area contributed by atoms with E-state index < -0.39 is 0 Å². The quantitative estimate of drug-likeness (QED) is 0.794. The fourth-order valence-electron chi connectivity index (χ4n) is 1.14. The Morgan fingerprint density at radius 2 is 2.29 bits per heavy atom. The molecule has 0 unspecified atom stereocenters. The first-order valence-electron chi connectivity index (χ1n) is 4.19. The fourth-order valence-corrected chi connectivity index (χ4v) is 1.14. The molecule has 3 nitrogen and oxygen atoms in total. The van der Waals surface area contributed by atoms with Crippen molar-refractivity contribution < 1.29 is 8.81 Å². The monoisotopic (exact) mass is 192 g/mol. The van der Waals surface area contributed by atoms with Gasteiger partial charge in [-0.1, -0.05) is 6.07 Å². The molecule has 0 spiro atoms. The number of anilines is 1. The summed E-state index contributed by atoms with van der Waals surface area (Å²) < 4.78 is 18.0. The van der Waals surface area contributed by atoms with Crippen LogP contribution in [-0.2, 0) is 0 Å². The van der Waals surface area contributed by atoms with E-state index in [0.29, 0.717) is 17.3 Å². The molecule has 0 saturated carbocycles. The Hall–Kier alpha value is -1.84. The number of nitrogens with zero attached hydrogens (tertiary/aromatic N) is 1. The van der Waals surface area contributed by atoms with Gasteiger partial charge in [0, 0.05) is 12.6 Å². The molecule has 2 aromatic rings. The predicted octanol–water partition coefficient (Wildman–Crippen LogP) is 2.52. The molecule has 1 aromatic heterocycles. The third-order valence-corrected chi connectivity index (χ3v) is 1.83. The number of nitrogens with one attached hydrogen (secondary N) is 1. The molecule has 1 N–H and O–H groups in total. The van der Waals surface area contributed by atoms with Gasteiger partial charge in [-0.3, -0.25) is 0 Å². The molecule has 1 heterocycles. The Kier molecular flexibility index (Phi) is 2.18. The van der Waals surface area contributed by atoms with E-state index in [9.17, 15) is 4.39 Å². The molecule has 0 aliphatic heterocycles. The summed E-state index contributed by atoms with van der Waals surface area (Å²) in [5, 5.41) is 2.83. The zero-order chi connectivity index (χ0) is 9.97. The van der Waals surface area contributed by atoms with Crippen molar-refractivity contribution in [2.45, 2.75) is 0 Å². The molecule has 0 atom stereocenters. The molecule has 0 bridgehead atoms. The highest BCUT2D eigenvalue weighted by molar-refractivity contribution is 5.55. The number of hydrogen-bond donors (Lipinski definition) is 1. The van der Waals surface area contributed by atoms with E-state index >= 15 is 0 Å². The Labute approximate surface area is 80.6 Å². The topological polar surface area (TPSA) is 38.1 Å². The normalized spacial score (nSPS) is 10.1. The van der Waals surface area contributed by atoms with Crippen LogP contribution in [0.3, 0.4) is 0 Å². The number of hydrogen-bond acceptors (Lipinski definition) is 3. The Bertz CT molecular complexity index is 439. The molecule has 0 radical (unpaired) electrons. The zero-order valence-electron chi connectivity index (χ0n) is 7.62. The van der Waals surface area contributed by atoms with Gasteiger partial charge < -0.3 is 9.73 Å². The van der Waals surface area contributed by atoms with Crippen LogP contribution in [0.15, 0.2) is 34.9 Å². The van der Waals surface area contributed by atoms with E-state index in [1.807, 2.05) is 0 Å². The largest absolute Gasteiger partial charge is 0.442 e. The van der Waals surface area contributed by atoms with E-state index in [1.54, 1.807) is 19.2 Å². The molecule has 2 rings (SSSR count). The van der Waals surface area contributed by atoms with Gasteiger partial charge in [-0.15, -0.1) is 0 Å². The minimum Gasteiger partial charge on any atom is -0.442 e. The van der Waals surface area contributed by atoms with Crippen LogP contribution in [0.1, 0.15) is 0 Å². The lowest BCUT2D eigenvalue weighted by Crippen LogP contribution is -1.87. The zero-order valence-corrected chi connectivity index (χ0v) is 7.62. The summed E-state index contributed by atoms with van der Waals surface area (Å²) in [4.78, 5) is 4.10. The van der Waals surface area contributed by atoms with Gasteiger partial charge >= 0.3 is 0 Å². The summed E-state index contributed by atoms with van der Waals surface area (Å²) >= 11 is 0. The highest BCUT2D eigenvalue weighted by Gasteiger charge is 2.05. The number of aromatic nitrogens is 1. The van der Waals surface area contributed by atoms with Crippen LogP contribution in [0.5, 0.6) is 0 Å². The molecule has 72 valence electrons. The van der Waals surface area contributed by atoms with Gasteiger partial charge in [0.15, 0.2) is 5.82 Å². The minimum absolute atomic E-state index is 0.299. The smallest absolute Gasteiger partial charge is 0.228 e. The first kappa shape index (κ1) is 8.74. The summed E-state index contributed by atoms with van der Waals surface area (Å²) in [7, 11) is 1.74. The summed E-state index contributed by atoms with van der Waals surface area (Å²) in [5.41, 5.74) is 0.631. The van der Waals surface area contributed by atoms with Gasteiger partial charge in [0.05, 0.1) is 0 Å². The number of benzene rings is 1. The van der Waals surface area contributed by atoms with Crippen LogP contribution in [0.4, 0.5) is 10.2 Å². The van der Waals surface area contributed by atoms with E-state index in [4.69, 9.17) is 4.42 Å². The number of rotatable bonds is 2. The van der Waals surface area contributed by atoms with Crippen molar-refractivity contribution in [3.05, 3.63) is 36.3 Å². The summed E-state index contributed by atoms with van der Waals surface area (Å²) in [6.45, 7) is 0. The van der Waals surface area contributed by atoms with E-state index in [2.05, 4.69) is 10.3 Å². The van der Waals surface area contributed by atoms with Crippen LogP contribution in [0.25, 0.3) is 11.5 Å². The molecular weight excluding hydrogens is 183 g/mol. The number of oxazole rings is 1. The highest BCUT2D eigenvalue weighted by Crippen LogP contribution is 2.20. The maximum absolute atomic E-state index is 12.9. The third-order valence-electron chi connectivity index (χ3n) is 1.83. The third kappa shape index (κ3) is 1.59. The van der Waals surface area contributed by atoms with Crippen LogP contribution in [0, 0.1) is 5.82 Å². The molecule has 0 amide bonds. The highest BCUT2D eigenvalue weighted by atomic mass is 19.1. The van der Waals surface area contributed by atoms with Gasteiger partial charge in [-0.25, -0.2) is 4.39 Å². The van der Waals surface area contributed by atoms with Crippen molar-refractivity contribution in [2.75, 3.05) is 12.4 Å². The van der Waals surface area contributed by atoms with E-state index in [-0.39, 0.29) is 5.82 Å². The molecule has 0 saturated heterocycles. The Morgan fingerprint density at radius 3 is 2.93 bits per heavy atom. The predicted molar refractivity (Wildman–Crippen MR) is 51.4 cm³/mol. The molecule has 0 fully saturated rings. The number of halogens is 1. The first-order chi connectivity index (χ1) is 6.79. The Morgan fingerprint density at radius 1 is 1.43 bits per heavy atom. The lowest BCUT2D eigenvalue weighted by atomic mass is 10.2. The maximum Gasteiger partial charge on any atom is 0.228 e. The van der Waals surface area contributed by atoms with Crippen molar-refractivity contribution in [3.8, 4) is 11.5 Å². The molecule has 14 heavy (non-hydrogen) atoms. The minimum atomic E-state index is -0.299. The average molecular weight is 192 g/mol. The van der Waals surface area contributed by atoms with Crippen molar-refractivity contribution in [1.29, 1.82) is 0 Å². The van der Waals surface area contributed by atoms with Crippen LogP contribution < -0.4 is 5.32 Å². The molecule has 1 aromatic carbocycles. The van der Waals surface area contributed by atoms with Crippen molar-refractivity contribution in [3.63, 3.8) is 0 Å². The second-order valence-corrected chi connectivity index (χ2v) is 2.80. The van der Waals surface area contributed by atoms with Gasteiger partial charge in [0.2, 0.25) is 5.89 Å². The summed E-state index contributed by atoms with van der Waals surface area (Å²) in [5.74, 6) is 0.741. The van der Waals surface area contributed by atoms with Crippen molar-refractivity contribution in [1.82, 2.24) is 4.98 Å².